The van der Waals surface area contributed by atoms with Crippen LogP contribution < -0.4 is 5.32 Å². The number of benzene rings is 1. The lowest BCUT2D eigenvalue weighted by Gasteiger charge is -2.13. The molecule has 0 unspecified atom stereocenters. The minimum Gasteiger partial charge on any atom is -0.334 e. The van der Waals surface area contributed by atoms with Gasteiger partial charge in [-0.15, -0.1) is 11.3 Å². The molecule has 8 nitrogen and oxygen atoms in total. The van der Waals surface area contributed by atoms with Crippen LogP contribution in [-0.4, -0.2) is 49.0 Å². The first kappa shape index (κ1) is 22.3. The Morgan fingerprint density at radius 2 is 1.89 bits per heavy atom. The number of carbonyl (C=O) groups excluding carboxylic acids is 1. The predicted molar refractivity (Wildman–Crippen MR) is 137 cm³/mol. The lowest BCUT2D eigenvalue weighted by molar-refractivity contribution is -0.124. The van der Waals surface area contributed by atoms with Gasteiger partial charge in [0.15, 0.2) is 5.82 Å². The third-order valence-corrected chi connectivity index (χ3v) is 6.06. The molecule has 0 aliphatic carbocycles. The van der Waals surface area contributed by atoms with Gasteiger partial charge in [-0.2, -0.15) is 5.10 Å². The van der Waals surface area contributed by atoms with Crippen LogP contribution in [0.25, 0.3) is 27.5 Å². The maximum Gasteiger partial charge on any atom is 0.298 e. The predicted octanol–water partition coefficient (Wildman–Crippen LogP) is 4.51. The molecule has 0 saturated heterocycles. The van der Waals surface area contributed by atoms with Gasteiger partial charge in [-0.25, -0.2) is 19.5 Å². The average Bonchev–Trinajstić information content (AvgIpc) is 3.54. The molecule has 5 aromatic rings. The Morgan fingerprint density at radius 1 is 1.03 bits per heavy atom. The van der Waals surface area contributed by atoms with Gasteiger partial charge >= 0.3 is 0 Å². The molecule has 0 fully saturated rings. The van der Waals surface area contributed by atoms with Crippen molar-refractivity contribution in [3.8, 4) is 33.8 Å². The summed E-state index contributed by atoms with van der Waals surface area (Å²) < 4.78 is 1.80. The molecule has 4 aromatic heterocycles. The van der Waals surface area contributed by atoms with Gasteiger partial charge in [-0.05, 0) is 24.1 Å². The first-order valence-electron chi connectivity index (χ1n) is 11.0. The Hall–Kier alpha value is -4.55. The number of nitrogens with one attached hydrogen (secondary N) is 1. The Labute approximate surface area is 206 Å². The van der Waals surface area contributed by atoms with Crippen molar-refractivity contribution in [2.45, 2.75) is 6.42 Å². The van der Waals surface area contributed by atoms with Crippen LogP contribution in [0.4, 0.5) is 11.8 Å². The molecule has 0 radical (unpaired) electrons. The van der Waals surface area contributed by atoms with Crippen molar-refractivity contribution >= 4 is 34.5 Å². The van der Waals surface area contributed by atoms with Gasteiger partial charge in [0, 0.05) is 49.4 Å². The number of fused-ring (bicyclic) bond motifs is 1. The Kier molecular flexibility index (Phi) is 6.46. The smallest absolute Gasteiger partial charge is 0.298 e. The molecule has 1 N–H and O–H groups in total. The zero-order valence-corrected chi connectivity index (χ0v) is 19.7. The zero-order valence-electron chi connectivity index (χ0n) is 18.9. The number of amides is 1. The highest BCUT2D eigenvalue weighted by Crippen LogP contribution is 2.28. The number of nitrogens with zero attached hydrogens (tertiary/aromatic N) is 6. The van der Waals surface area contributed by atoms with Crippen LogP contribution in [0.1, 0.15) is 6.42 Å². The van der Waals surface area contributed by atoms with E-state index in [4.69, 9.17) is 4.98 Å². The molecule has 1 aliphatic heterocycles. The highest BCUT2D eigenvalue weighted by molar-refractivity contribution is 7.13. The maximum atomic E-state index is 10.5. The van der Waals surface area contributed by atoms with Gasteiger partial charge in [0.05, 0.1) is 11.2 Å². The Morgan fingerprint density at radius 3 is 2.66 bits per heavy atom. The highest BCUT2D eigenvalue weighted by Gasteiger charge is 2.10. The maximum absolute atomic E-state index is 10.5. The number of carbonyl (C=O) groups is 1. The molecule has 5 heterocycles. The molecule has 9 heteroatoms. The van der Waals surface area contributed by atoms with E-state index >= 15 is 0 Å². The summed E-state index contributed by atoms with van der Waals surface area (Å²) in [7, 11) is 1.76. The minimum absolute atomic E-state index is 0.0590. The van der Waals surface area contributed by atoms with Gasteiger partial charge in [-0.1, -0.05) is 42.3 Å². The average molecular weight is 480 g/mol. The van der Waals surface area contributed by atoms with Crippen LogP contribution in [0, 0.1) is 11.8 Å². The zero-order chi connectivity index (χ0) is 24.0. The SMILES string of the molecule is CN1CCC#CC1=O.c1ccc(-c2nc(-c3ccnc(Nc4cc5ccccn5n4)n3)cs2)cc1. The quantitative estimate of drug-likeness (QED) is 0.382. The summed E-state index contributed by atoms with van der Waals surface area (Å²) in [4.78, 5) is 25.8. The van der Waals surface area contributed by atoms with Crippen molar-refractivity contribution in [2.24, 2.45) is 0 Å². The first-order chi connectivity index (χ1) is 17.2. The number of pyridine rings is 1. The summed E-state index contributed by atoms with van der Waals surface area (Å²) in [5.41, 5.74) is 3.71. The molecular weight excluding hydrogens is 458 g/mol. The molecule has 0 atom stereocenters. The van der Waals surface area contributed by atoms with Gasteiger partial charge in [0.1, 0.15) is 10.7 Å². The van der Waals surface area contributed by atoms with E-state index in [2.05, 4.69) is 44.4 Å². The molecule has 1 aliphatic rings. The van der Waals surface area contributed by atoms with Crippen molar-refractivity contribution in [1.82, 2.24) is 29.5 Å². The Balaban J connectivity index is 0.000000271. The fourth-order valence-electron chi connectivity index (χ4n) is 3.34. The minimum atomic E-state index is -0.0590. The standard InChI is InChI=1S/C20H14N6S.C6H7NO/c1-2-6-14(7-3-1)19-22-17(13-27-19)16-9-10-21-20(23-16)24-18-12-15-8-4-5-11-26(15)25-18;1-7-5-3-2-4-6(7)8/h1-13H,(H,21,23,24,25);3,5H2,1H3. The topological polar surface area (TPSA) is 88.3 Å². The van der Waals surface area contributed by atoms with E-state index in [0.717, 1.165) is 40.4 Å². The second-order valence-electron chi connectivity index (χ2n) is 7.67. The van der Waals surface area contributed by atoms with Gasteiger partial charge in [0.25, 0.3) is 5.91 Å². The van der Waals surface area contributed by atoms with Crippen molar-refractivity contribution in [2.75, 3.05) is 18.9 Å². The van der Waals surface area contributed by atoms with Crippen LogP contribution in [0.15, 0.2) is 78.4 Å². The van der Waals surface area contributed by atoms with E-state index in [-0.39, 0.29) is 5.91 Å². The van der Waals surface area contributed by atoms with Crippen molar-refractivity contribution < 1.29 is 4.79 Å². The van der Waals surface area contributed by atoms with E-state index < -0.39 is 0 Å². The number of thiazole rings is 1. The third-order valence-electron chi connectivity index (χ3n) is 5.17. The lowest BCUT2D eigenvalue weighted by Crippen LogP contribution is -2.28. The van der Waals surface area contributed by atoms with Crippen molar-refractivity contribution in [1.29, 1.82) is 0 Å². The van der Waals surface area contributed by atoms with Crippen molar-refractivity contribution in [3.05, 3.63) is 78.4 Å². The Bertz CT molecular complexity index is 1500. The first-order valence-corrected chi connectivity index (χ1v) is 11.8. The van der Waals surface area contributed by atoms with Crippen molar-refractivity contribution in [3.63, 3.8) is 0 Å². The summed E-state index contributed by atoms with van der Waals surface area (Å²) >= 11 is 1.60. The summed E-state index contributed by atoms with van der Waals surface area (Å²) in [6.07, 6.45) is 4.45. The lowest BCUT2D eigenvalue weighted by atomic mass is 10.2. The van der Waals surface area contributed by atoms with E-state index in [9.17, 15) is 4.79 Å². The van der Waals surface area contributed by atoms with Crippen LogP contribution in [0.2, 0.25) is 0 Å². The van der Waals surface area contributed by atoms with E-state index in [0.29, 0.717) is 11.8 Å². The largest absolute Gasteiger partial charge is 0.334 e. The van der Waals surface area contributed by atoms with Gasteiger partial charge in [-0.3, -0.25) is 4.79 Å². The second kappa shape index (κ2) is 10.2. The molecule has 0 spiro atoms. The summed E-state index contributed by atoms with van der Waals surface area (Å²) in [6, 6.07) is 19.9. The number of rotatable bonds is 4. The van der Waals surface area contributed by atoms with Crippen LogP contribution >= 0.6 is 11.3 Å². The summed E-state index contributed by atoms with van der Waals surface area (Å²) in [5, 5.41) is 10.6. The molecule has 172 valence electrons. The fraction of sp³-hybridized carbons (Fsp3) is 0.115. The molecule has 1 aromatic carbocycles. The van der Waals surface area contributed by atoms with Crippen LogP contribution in [0.3, 0.4) is 0 Å². The molecule has 6 rings (SSSR count). The van der Waals surface area contributed by atoms with Crippen LogP contribution in [-0.2, 0) is 4.79 Å². The normalized spacial score (nSPS) is 12.5. The fourth-order valence-corrected chi connectivity index (χ4v) is 4.16. The van der Waals surface area contributed by atoms with Gasteiger partial charge in [0.2, 0.25) is 5.95 Å². The second-order valence-corrected chi connectivity index (χ2v) is 8.53. The highest BCUT2D eigenvalue weighted by atomic mass is 32.1. The van der Waals surface area contributed by atoms with E-state index in [1.54, 1.807) is 34.0 Å². The summed E-state index contributed by atoms with van der Waals surface area (Å²) in [5.74, 6) is 6.32. The number of hydrogen-bond acceptors (Lipinski definition) is 7. The van der Waals surface area contributed by atoms with Gasteiger partial charge < -0.3 is 10.2 Å². The van der Waals surface area contributed by atoms with E-state index in [1.807, 2.05) is 60.1 Å². The number of aromatic nitrogens is 5. The summed E-state index contributed by atoms with van der Waals surface area (Å²) in [6.45, 7) is 0.784. The molecule has 35 heavy (non-hydrogen) atoms. The molecule has 0 bridgehead atoms. The molecular formula is C26H21N7OS. The number of anilines is 2. The van der Waals surface area contributed by atoms with E-state index in [1.165, 1.54) is 0 Å². The third kappa shape index (κ3) is 5.34. The van der Waals surface area contributed by atoms with Crippen LogP contribution in [0.5, 0.6) is 0 Å². The monoisotopic (exact) mass is 479 g/mol. The number of hydrogen-bond donors (Lipinski definition) is 1. The molecule has 1 amide bonds. The molecule has 0 saturated carbocycles.